The number of methoxy groups -OCH3 is 1. The second-order valence-corrected chi connectivity index (χ2v) is 5.99. The molecule has 0 radical (unpaired) electrons. The van der Waals surface area contributed by atoms with Crippen LogP contribution in [0, 0.1) is 0 Å². The molecule has 0 aliphatic carbocycles. The Morgan fingerprint density at radius 3 is 3.11 bits per heavy atom. The number of aromatic nitrogens is 2. The minimum atomic E-state index is 0.908. The van der Waals surface area contributed by atoms with Crippen LogP contribution in [0.4, 0.5) is 0 Å². The fourth-order valence-electron chi connectivity index (χ4n) is 2.80. The van der Waals surface area contributed by atoms with Crippen LogP contribution in [0.5, 0.6) is 5.75 Å². The predicted octanol–water partition coefficient (Wildman–Crippen LogP) is 2.34. The maximum atomic E-state index is 5.60. The molecule has 0 aromatic carbocycles. The van der Waals surface area contributed by atoms with Gasteiger partial charge in [-0.3, -0.25) is 0 Å². The summed E-state index contributed by atoms with van der Waals surface area (Å²) < 4.78 is 7.83. The first-order chi connectivity index (χ1) is 9.26. The van der Waals surface area contributed by atoms with Crippen molar-refractivity contribution in [3.63, 3.8) is 0 Å². The zero-order valence-electron chi connectivity index (χ0n) is 11.6. The number of pyridine rings is 1. The second kappa shape index (κ2) is 5.06. The molecular formula is C14H19N3OS. The van der Waals surface area contributed by atoms with Crippen LogP contribution < -0.4 is 10.1 Å². The van der Waals surface area contributed by atoms with Crippen molar-refractivity contribution in [2.45, 2.75) is 24.9 Å². The number of thioether (sulfide) groups is 1. The largest absolute Gasteiger partial charge is 0.496 e. The minimum absolute atomic E-state index is 0.908. The third-order valence-corrected chi connectivity index (χ3v) is 4.46. The van der Waals surface area contributed by atoms with Gasteiger partial charge in [-0.05, 0) is 5.75 Å². The first-order valence-electron chi connectivity index (χ1n) is 6.65. The Labute approximate surface area is 117 Å². The third-order valence-electron chi connectivity index (χ3n) is 3.67. The van der Waals surface area contributed by atoms with Crippen LogP contribution >= 0.6 is 11.8 Å². The number of rotatable bonds is 3. The molecule has 19 heavy (non-hydrogen) atoms. The quantitative estimate of drug-likeness (QED) is 0.874. The lowest BCUT2D eigenvalue weighted by Gasteiger charge is -2.14. The van der Waals surface area contributed by atoms with E-state index in [1.165, 1.54) is 16.6 Å². The van der Waals surface area contributed by atoms with E-state index < -0.39 is 0 Å². The summed E-state index contributed by atoms with van der Waals surface area (Å²) >= 11 is 1.75. The van der Waals surface area contributed by atoms with E-state index in [0.29, 0.717) is 0 Å². The first-order valence-corrected chi connectivity index (χ1v) is 7.63. The maximum absolute atomic E-state index is 5.60. The topological polar surface area (TPSA) is 39.1 Å². The molecule has 0 unspecified atom stereocenters. The smallest absolute Gasteiger partial charge is 0.145 e. The molecule has 0 bridgehead atoms. The maximum Gasteiger partial charge on any atom is 0.145 e. The summed E-state index contributed by atoms with van der Waals surface area (Å²) in [5, 5.41) is 5.65. The molecule has 0 saturated carbocycles. The normalized spacial score (nSPS) is 14.7. The molecule has 2 aromatic rings. The van der Waals surface area contributed by atoms with Crippen LogP contribution in [-0.2, 0) is 20.0 Å². The van der Waals surface area contributed by atoms with Gasteiger partial charge in [0.25, 0.3) is 0 Å². The highest BCUT2D eigenvalue weighted by Crippen LogP contribution is 2.36. The molecule has 0 spiro atoms. The molecule has 4 nitrogen and oxygen atoms in total. The van der Waals surface area contributed by atoms with E-state index in [1.807, 2.05) is 0 Å². The number of ether oxygens (including phenoxy) is 1. The van der Waals surface area contributed by atoms with Gasteiger partial charge in [-0.1, -0.05) is 6.92 Å². The van der Waals surface area contributed by atoms with Gasteiger partial charge in [0.1, 0.15) is 16.4 Å². The monoisotopic (exact) mass is 277 g/mol. The number of hydrogen-bond donors (Lipinski definition) is 1. The Hall–Kier alpha value is -1.20. The molecule has 102 valence electrons. The van der Waals surface area contributed by atoms with E-state index in [0.717, 1.165) is 41.7 Å². The van der Waals surface area contributed by atoms with E-state index in [4.69, 9.17) is 9.72 Å². The Balaban J connectivity index is 2.29. The predicted molar refractivity (Wildman–Crippen MR) is 79.1 cm³/mol. The summed E-state index contributed by atoms with van der Waals surface area (Å²) in [6.45, 7) is 4.09. The van der Waals surface area contributed by atoms with Gasteiger partial charge >= 0.3 is 0 Å². The summed E-state index contributed by atoms with van der Waals surface area (Å²) in [6, 6.07) is 2.06. The average molecular weight is 277 g/mol. The van der Waals surface area contributed by atoms with Crippen LogP contribution in [0.25, 0.3) is 11.0 Å². The van der Waals surface area contributed by atoms with Crippen molar-refractivity contribution in [1.29, 1.82) is 0 Å². The molecule has 1 aliphatic rings. The van der Waals surface area contributed by atoms with Gasteiger partial charge in [0.15, 0.2) is 0 Å². The molecule has 3 heterocycles. The zero-order valence-corrected chi connectivity index (χ0v) is 12.4. The molecule has 0 amide bonds. The fourth-order valence-corrected chi connectivity index (χ4v) is 3.44. The van der Waals surface area contributed by atoms with E-state index >= 15 is 0 Å². The van der Waals surface area contributed by atoms with Gasteiger partial charge < -0.3 is 14.6 Å². The van der Waals surface area contributed by atoms with E-state index in [9.17, 15) is 0 Å². The molecular weight excluding hydrogens is 258 g/mol. The highest BCUT2D eigenvalue weighted by atomic mass is 32.2. The van der Waals surface area contributed by atoms with Crippen molar-refractivity contribution in [3.8, 4) is 5.75 Å². The zero-order chi connectivity index (χ0) is 13.4. The van der Waals surface area contributed by atoms with Gasteiger partial charge in [0, 0.05) is 43.9 Å². The second-order valence-electron chi connectivity index (χ2n) is 4.71. The van der Waals surface area contributed by atoms with Crippen molar-refractivity contribution >= 4 is 22.8 Å². The summed E-state index contributed by atoms with van der Waals surface area (Å²) in [5.41, 5.74) is 3.78. The molecule has 0 atom stereocenters. The molecule has 0 fully saturated rings. The van der Waals surface area contributed by atoms with Crippen molar-refractivity contribution in [1.82, 2.24) is 14.9 Å². The Kier molecular flexibility index (Phi) is 3.41. The van der Waals surface area contributed by atoms with Gasteiger partial charge in [-0.2, -0.15) is 0 Å². The van der Waals surface area contributed by atoms with Crippen LogP contribution in [-0.4, -0.2) is 29.0 Å². The molecule has 5 heteroatoms. The molecule has 1 aliphatic heterocycles. The lowest BCUT2D eigenvalue weighted by molar-refractivity contribution is 0.417. The van der Waals surface area contributed by atoms with E-state index in [-0.39, 0.29) is 0 Å². The summed E-state index contributed by atoms with van der Waals surface area (Å²) in [5.74, 6) is 1.97. The van der Waals surface area contributed by atoms with Crippen molar-refractivity contribution < 1.29 is 4.74 Å². The number of hydrogen-bond acceptors (Lipinski definition) is 4. The van der Waals surface area contributed by atoms with Crippen LogP contribution in [0.2, 0.25) is 0 Å². The highest BCUT2D eigenvalue weighted by Gasteiger charge is 2.22. The molecule has 0 saturated heterocycles. The van der Waals surface area contributed by atoms with E-state index in [2.05, 4.69) is 29.9 Å². The number of aryl methyl sites for hydroxylation is 1. The number of nitrogens with zero attached hydrogens (tertiary/aromatic N) is 2. The van der Waals surface area contributed by atoms with Gasteiger partial charge in [0.2, 0.25) is 0 Å². The summed E-state index contributed by atoms with van der Waals surface area (Å²) in [4.78, 5) is 4.80. The summed E-state index contributed by atoms with van der Waals surface area (Å²) in [6.07, 6.45) is 1.06. The van der Waals surface area contributed by atoms with Crippen molar-refractivity contribution in [3.05, 3.63) is 17.3 Å². The highest BCUT2D eigenvalue weighted by molar-refractivity contribution is 7.99. The van der Waals surface area contributed by atoms with Crippen LogP contribution in [0.15, 0.2) is 11.1 Å². The number of fused-ring (bicyclic) bond motifs is 3. The van der Waals surface area contributed by atoms with Gasteiger partial charge in [0.05, 0.1) is 12.5 Å². The van der Waals surface area contributed by atoms with Gasteiger partial charge in [-0.25, -0.2) is 4.98 Å². The first kappa shape index (κ1) is 12.8. The van der Waals surface area contributed by atoms with Gasteiger partial charge in [-0.15, -0.1) is 11.8 Å². The SMILES string of the molecule is CCSc1cc(OC)c2c3c(n(C)c2n1)CCNC3. The fraction of sp³-hybridized carbons (Fsp3) is 0.500. The summed E-state index contributed by atoms with van der Waals surface area (Å²) in [7, 11) is 3.85. The standard InChI is InChI=1S/C14H19N3OS/c1-4-19-12-7-11(18-3)13-9-8-15-6-5-10(9)17(2)14(13)16-12/h7,15H,4-6,8H2,1-3H3. The Morgan fingerprint density at radius 1 is 1.53 bits per heavy atom. The van der Waals surface area contributed by atoms with E-state index in [1.54, 1.807) is 18.9 Å². The Morgan fingerprint density at radius 2 is 2.37 bits per heavy atom. The minimum Gasteiger partial charge on any atom is -0.496 e. The van der Waals surface area contributed by atoms with Crippen molar-refractivity contribution in [2.75, 3.05) is 19.4 Å². The lowest BCUT2D eigenvalue weighted by Crippen LogP contribution is -2.24. The molecule has 1 N–H and O–H groups in total. The van der Waals surface area contributed by atoms with Crippen molar-refractivity contribution in [2.24, 2.45) is 7.05 Å². The lowest BCUT2D eigenvalue weighted by atomic mass is 10.1. The van der Waals surface area contributed by atoms with Crippen LogP contribution in [0.1, 0.15) is 18.2 Å². The third kappa shape index (κ3) is 2.01. The van der Waals surface area contributed by atoms with Crippen LogP contribution in [0.3, 0.4) is 0 Å². The molecule has 3 rings (SSSR count). The number of nitrogens with one attached hydrogen (secondary N) is 1. The average Bonchev–Trinajstić information content (AvgIpc) is 2.73. The molecule has 2 aromatic heterocycles. The Bertz CT molecular complexity index is 621.